The molecule has 6 nitrogen and oxygen atoms in total. The van der Waals surface area contributed by atoms with Gasteiger partial charge in [0.15, 0.2) is 11.3 Å². The fourth-order valence-electron chi connectivity index (χ4n) is 3.94. The number of nitrogens with zero attached hydrogens (tertiary/aromatic N) is 2. The van der Waals surface area contributed by atoms with Gasteiger partial charge >= 0.3 is 0 Å². The summed E-state index contributed by atoms with van der Waals surface area (Å²) in [7, 11) is 0. The third kappa shape index (κ3) is 4.31. The quantitative estimate of drug-likeness (QED) is 0.654. The number of carbonyl (C=O) groups is 2. The Bertz CT molecular complexity index is 1150. The van der Waals surface area contributed by atoms with Crippen LogP contribution in [0, 0.1) is 20.8 Å². The molecule has 4 rings (SSSR count). The summed E-state index contributed by atoms with van der Waals surface area (Å²) in [4.78, 5) is 29.4. The predicted octanol–water partition coefficient (Wildman–Crippen LogP) is 4.41. The van der Waals surface area contributed by atoms with Crippen LogP contribution < -0.4 is 5.32 Å². The van der Waals surface area contributed by atoms with Gasteiger partial charge in [0.1, 0.15) is 0 Å². The van der Waals surface area contributed by atoms with Crippen LogP contribution >= 0.6 is 11.6 Å². The van der Waals surface area contributed by atoms with Gasteiger partial charge in [0.05, 0.1) is 11.6 Å². The van der Waals surface area contributed by atoms with Gasteiger partial charge in [-0.3, -0.25) is 14.5 Å². The van der Waals surface area contributed by atoms with E-state index in [4.69, 9.17) is 16.0 Å². The molecule has 0 unspecified atom stereocenters. The van der Waals surface area contributed by atoms with E-state index in [1.54, 1.807) is 11.0 Å². The van der Waals surface area contributed by atoms with Crippen molar-refractivity contribution in [1.29, 1.82) is 0 Å². The normalized spacial score (nSPS) is 14.8. The van der Waals surface area contributed by atoms with Gasteiger partial charge in [0.25, 0.3) is 5.91 Å². The first kappa shape index (κ1) is 21.4. The fraction of sp³-hybridized carbons (Fsp3) is 0.333. The van der Waals surface area contributed by atoms with Crippen molar-refractivity contribution >= 4 is 40.1 Å². The molecule has 1 aliphatic rings. The second-order valence-electron chi connectivity index (χ2n) is 8.04. The standard InChI is InChI=1S/C24H26ClN3O3/c1-15-6-4-9-20(16(15)2)26-21(29)14-27-10-12-28(13-11-27)24(30)22-17(3)18-7-5-8-19(25)23(18)31-22/h4-9H,10-14H2,1-3H3,(H,26,29). The monoisotopic (exact) mass is 439 g/mol. The minimum Gasteiger partial charge on any atom is -0.449 e. The highest BCUT2D eigenvalue weighted by atomic mass is 35.5. The van der Waals surface area contributed by atoms with Gasteiger partial charge in [-0.1, -0.05) is 35.9 Å². The maximum atomic E-state index is 13.0. The molecule has 1 aliphatic heterocycles. The number of nitrogens with one attached hydrogen (secondary N) is 1. The van der Waals surface area contributed by atoms with Crippen LogP contribution in [0.25, 0.3) is 11.0 Å². The Morgan fingerprint density at radius 3 is 2.42 bits per heavy atom. The summed E-state index contributed by atoms with van der Waals surface area (Å²) in [5, 5.41) is 4.36. The molecule has 2 aromatic carbocycles. The average molecular weight is 440 g/mol. The fourth-order valence-corrected chi connectivity index (χ4v) is 4.16. The summed E-state index contributed by atoms with van der Waals surface area (Å²) >= 11 is 6.21. The van der Waals surface area contributed by atoms with Crippen molar-refractivity contribution < 1.29 is 14.0 Å². The lowest BCUT2D eigenvalue weighted by Crippen LogP contribution is -2.50. The van der Waals surface area contributed by atoms with Crippen LogP contribution in [0.1, 0.15) is 27.2 Å². The van der Waals surface area contributed by atoms with E-state index in [1.165, 1.54) is 0 Å². The van der Waals surface area contributed by atoms with Crippen LogP contribution in [0.5, 0.6) is 0 Å². The molecular weight excluding hydrogens is 414 g/mol. The van der Waals surface area contributed by atoms with E-state index in [0.717, 1.165) is 27.8 Å². The number of piperazine rings is 1. The minimum atomic E-state index is -0.135. The van der Waals surface area contributed by atoms with Crippen molar-refractivity contribution in [2.45, 2.75) is 20.8 Å². The van der Waals surface area contributed by atoms with E-state index in [9.17, 15) is 9.59 Å². The molecule has 1 fully saturated rings. The zero-order valence-corrected chi connectivity index (χ0v) is 18.8. The number of amides is 2. The molecule has 0 aliphatic carbocycles. The summed E-state index contributed by atoms with van der Waals surface area (Å²) < 4.78 is 5.82. The summed E-state index contributed by atoms with van der Waals surface area (Å²) in [6, 6.07) is 11.4. The maximum absolute atomic E-state index is 13.0. The molecule has 0 atom stereocenters. The second kappa shape index (κ2) is 8.73. The number of para-hydroxylation sites is 1. The Kier molecular flexibility index (Phi) is 6.03. The lowest BCUT2D eigenvalue weighted by Gasteiger charge is -2.34. The van der Waals surface area contributed by atoms with E-state index < -0.39 is 0 Å². The Balaban J connectivity index is 1.36. The number of anilines is 1. The number of halogens is 1. The minimum absolute atomic E-state index is 0.0451. The molecule has 7 heteroatoms. The highest BCUT2D eigenvalue weighted by Crippen LogP contribution is 2.31. The molecule has 1 saturated heterocycles. The molecule has 0 bridgehead atoms. The van der Waals surface area contributed by atoms with Crippen molar-refractivity contribution in [2.24, 2.45) is 0 Å². The largest absolute Gasteiger partial charge is 0.449 e. The van der Waals surface area contributed by atoms with Crippen LogP contribution in [-0.2, 0) is 4.79 Å². The third-order valence-electron chi connectivity index (χ3n) is 6.02. The Labute approximate surface area is 186 Å². The summed E-state index contributed by atoms with van der Waals surface area (Å²) in [5.74, 6) is 0.157. The third-order valence-corrected chi connectivity index (χ3v) is 6.31. The summed E-state index contributed by atoms with van der Waals surface area (Å²) in [6.07, 6.45) is 0. The van der Waals surface area contributed by atoms with Gasteiger partial charge in [-0.25, -0.2) is 0 Å². The number of hydrogen-bond acceptors (Lipinski definition) is 4. The lowest BCUT2D eigenvalue weighted by atomic mass is 10.1. The molecule has 2 amide bonds. The van der Waals surface area contributed by atoms with Crippen LogP contribution in [0.15, 0.2) is 40.8 Å². The first-order chi connectivity index (χ1) is 14.8. The smallest absolute Gasteiger partial charge is 0.289 e. The van der Waals surface area contributed by atoms with E-state index in [0.29, 0.717) is 49.1 Å². The van der Waals surface area contributed by atoms with Crippen molar-refractivity contribution in [3.8, 4) is 0 Å². The zero-order valence-electron chi connectivity index (χ0n) is 18.0. The summed E-state index contributed by atoms with van der Waals surface area (Å²) in [6.45, 7) is 8.55. The molecule has 0 radical (unpaired) electrons. The second-order valence-corrected chi connectivity index (χ2v) is 8.44. The van der Waals surface area contributed by atoms with Crippen molar-refractivity contribution in [2.75, 3.05) is 38.0 Å². The topological polar surface area (TPSA) is 65.8 Å². The first-order valence-corrected chi connectivity index (χ1v) is 10.8. The van der Waals surface area contributed by atoms with E-state index in [2.05, 4.69) is 10.2 Å². The van der Waals surface area contributed by atoms with Crippen LogP contribution in [0.2, 0.25) is 5.02 Å². The number of fused-ring (bicyclic) bond motifs is 1. The van der Waals surface area contributed by atoms with E-state index in [-0.39, 0.29) is 11.8 Å². The van der Waals surface area contributed by atoms with Gasteiger partial charge in [-0.15, -0.1) is 0 Å². The molecule has 0 spiro atoms. The molecule has 162 valence electrons. The molecule has 1 aromatic heterocycles. The van der Waals surface area contributed by atoms with Crippen molar-refractivity contribution in [1.82, 2.24) is 9.80 Å². The van der Waals surface area contributed by atoms with Gasteiger partial charge in [0, 0.05) is 42.8 Å². The molecule has 1 N–H and O–H groups in total. The number of carbonyl (C=O) groups excluding carboxylic acids is 2. The van der Waals surface area contributed by atoms with Crippen molar-refractivity contribution in [3.63, 3.8) is 0 Å². The maximum Gasteiger partial charge on any atom is 0.289 e. The predicted molar refractivity (Wildman–Crippen MR) is 123 cm³/mol. The molecular formula is C24H26ClN3O3. The molecule has 0 saturated carbocycles. The Hall–Kier alpha value is -2.83. The number of rotatable bonds is 4. The van der Waals surface area contributed by atoms with E-state index in [1.807, 2.05) is 51.1 Å². The number of hydrogen-bond donors (Lipinski definition) is 1. The molecule has 31 heavy (non-hydrogen) atoms. The lowest BCUT2D eigenvalue weighted by molar-refractivity contribution is -0.117. The summed E-state index contributed by atoms with van der Waals surface area (Å²) in [5.41, 5.74) is 4.42. The SMILES string of the molecule is Cc1cccc(NC(=O)CN2CCN(C(=O)c3oc4c(Cl)cccc4c3C)CC2)c1C. The average Bonchev–Trinajstić information content (AvgIpc) is 3.09. The number of aryl methyl sites for hydroxylation is 2. The number of benzene rings is 2. The van der Waals surface area contributed by atoms with Gasteiger partial charge in [-0.05, 0) is 44.0 Å². The molecule has 3 aromatic rings. The Morgan fingerprint density at radius 1 is 1.00 bits per heavy atom. The van der Waals surface area contributed by atoms with Gasteiger partial charge in [0.2, 0.25) is 5.91 Å². The Morgan fingerprint density at radius 2 is 1.71 bits per heavy atom. The van der Waals surface area contributed by atoms with Gasteiger partial charge < -0.3 is 14.6 Å². The van der Waals surface area contributed by atoms with Crippen molar-refractivity contribution in [3.05, 3.63) is 63.9 Å². The first-order valence-electron chi connectivity index (χ1n) is 10.4. The van der Waals surface area contributed by atoms with Gasteiger partial charge in [-0.2, -0.15) is 0 Å². The number of furan rings is 1. The zero-order chi connectivity index (χ0) is 22.1. The van der Waals surface area contributed by atoms with Crippen LogP contribution in [-0.4, -0.2) is 54.3 Å². The highest BCUT2D eigenvalue weighted by molar-refractivity contribution is 6.35. The van der Waals surface area contributed by atoms with Crippen LogP contribution in [0.3, 0.4) is 0 Å². The van der Waals surface area contributed by atoms with Crippen LogP contribution in [0.4, 0.5) is 5.69 Å². The highest BCUT2D eigenvalue weighted by Gasteiger charge is 2.27. The van der Waals surface area contributed by atoms with E-state index >= 15 is 0 Å². The molecule has 2 heterocycles.